The fourth-order valence-electron chi connectivity index (χ4n) is 3.44. The van der Waals surface area contributed by atoms with Gasteiger partial charge in [-0.05, 0) is 37.0 Å². The molecule has 4 aromatic rings. The van der Waals surface area contributed by atoms with E-state index >= 15 is 0 Å². The summed E-state index contributed by atoms with van der Waals surface area (Å²) >= 11 is 0. The Balaban J connectivity index is 1.57. The summed E-state index contributed by atoms with van der Waals surface area (Å²) in [5.74, 6) is 0.594. The normalized spacial score (nSPS) is 15.6. The van der Waals surface area contributed by atoms with Crippen LogP contribution < -0.4 is 5.43 Å². The van der Waals surface area contributed by atoms with Crippen LogP contribution in [0.3, 0.4) is 0 Å². The van der Waals surface area contributed by atoms with Gasteiger partial charge < -0.3 is 4.42 Å². The van der Waals surface area contributed by atoms with Crippen LogP contribution in [-0.2, 0) is 6.42 Å². The molecule has 0 spiro atoms. The number of furan rings is 1. The summed E-state index contributed by atoms with van der Waals surface area (Å²) in [6.45, 7) is 0. The Bertz CT molecular complexity index is 1110. The lowest BCUT2D eigenvalue weighted by molar-refractivity contribution is 0.666. The molecule has 0 atom stereocenters. The fraction of sp³-hybridized carbons (Fsp3) is 0.150. The minimum Gasteiger partial charge on any atom is -0.450 e. The first-order valence-corrected chi connectivity index (χ1v) is 8.43. The molecule has 1 aliphatic carbocycles. The number of aromatic nitrogens is 2. The van der Waals surface area contributed by atoms with Gasteiger partial charge in [-0.15, -0.1) is 0 Å². The third-order valence-electron chi connectivity index (χ3n) is 4.64. The molecular weight excluding hydrogens is 312 g/mol. The molecule has 0 amide bonds. The van der Waals surface area contributed by atoms with E-state index in [1.54, 1.807) is 6.33 Å². The highest BCUT2D eigenvalue weighted by Gasteiger charge is 2.16. The second-order valence-electron chi connectivity index (χ2n) is 6.18. The standard InChI is InChI=1S/C20H16N4O/c1-2-8-14-13(6-1)7-5-10-16(14)23-24-20-19-18(21-12-22-20)15-9-3-4-11-17(15)25-19/h1-4,6,8-9,11-12H,5,7,10H2,(H,21,22,24). The number of nitrogens with zero attached hydrogens (tertiary/aromatic N) is 3. The molecule has 1 N–H and O–H groups in total. The number of rotatable bonds is 2. The van der Waals surface area contributed by atoms with E-state index in [1.807, 2.05) is 24.3 Å². The van der Waals surface area contributed by atoms with Crippen molar-refractivity contribution in [2.24, 2.45) is 5.10 Å². The molecule has 0 unspecified atom stereocenters. The molecule has 1 aliphatic rings. The number of hydrazone groups is 1. The smallest absolute Gasteiger partial charge is 0.197 e. The molecule has 2 aromatic carbocycles. The van der Waals surface area contributed by atoms with Crippen molar-refractivity contribution in [1.82, 2.24) is 9.97 Å². The molecule has 0 saturated heterocycles. The van der Waals surface area contributed by atoms with Crippen LogP contribution in [0.2, 0.25) is 0 Å². The second kappa shape index (κ2) is 5.70. The summed E-state index contributed by atoms with van der Waals surface area (Å²) in [5, 5.41) is 5.62. The molecule has 2 aromatic heterocycles. The van der Waals surface area contributed by atoms with Gasteiger partial charge in [0.2, 0.25) is 0 Å². The lowest BCUT2D eigenvalue weighted by Gasteiger charge is -2.17. The van der Waals surface area contributed by atoms with Crippen LogP contribution in [-0.4, -0.2) is 15.7 Å². The largest absolute Gasteiger partial charge is 0.450 e. The third-order valence-corrected chi connectivity index (χ3v) is 4.64. The fourth-order valence-corrected chi connectivity index (χ4v) is 3.44. The Hall–Kier alpha value is -3.21. The average molecular weight is 328 g/mol. The van der Waals surface area contributed by atoms with Gasteiger partial charge >= 0.3 is 0 Å². The second-order valence-corrected chi connectivity index (χ2v) is 6.18. The topological polar surface area (TPSA) is 63.3 Å². The van der Waals surface area contributed by atoms with Crippen molar-refractivity contribution in [3.8, 4) is 0 Å². The SMILES string of the molecule is c1ccc2c(c1)CCCC2=NNc1ncnc2c1oc1ccccc12. The molecule has 0 radical (unpaired) electrons. The van der Waals surface area contributed by atoms with Gasteiger partial charge in [0.05, 0.1) is 5.71 Å². The van der Waals surface area contributed by atoms with Crippen molar-refractivity contribution in [2.75, 3.05) is 5.43 Å². The van der Waals surface area contributed by atoms with Crippen LogP contribution in [0.1, 0.15) is 24.0 Å². The molecule has 0 bridgehead atoms. The van der Waals surface area contributed by atoms with Gasteiger partial charge in [-0.25, -0.2) is 9.97 Å². The third kappa shape index (κ3) is 2.36. The summed E-state index contributed by atoms with van der Waals surface area (Å²) in [5.41, 5.74) is 8.98. The average Bonchev–Trinajstić information content (AvgIpc) is 3.06. The summed E-state index contributed by atoms with van der Waals surface area (Å²) in [6, 6.07) is 16.3. The summed E-state index contributed by atoms with van der Waals surface area (Å²) in [7, 11) is 0. The monoisotopic (exact) mass is 328 g/mol. The van der Waals surface area contributed by atoms with Crippen LogP contribution in [0.15, 0.2) is 64.4 Å². The first kappa shape index (κ1) is 14.2. The molecule has 5 heteroatoms. The van der Waals surface area contributed by atoms with Crippen LogP contribution in [0.25, 0.3) is 22.1 Å². The van der Waals surface area contributed by atoms with E-state index in [1.165, 1.54) is 11.1 Å². The molecule has 2 heterocycles. The van der Waals surface area contributed by atoms with Gasteiger partial charge in [0, 0.05) is 10.9 Å². The lowest BCUT2D eigenvalue weighted by atomic mass is 9.90. The van der Waals surface area contributed by atoms with Gasteiger partial charge in [0.1, 0.15) is 17.4 Å². The maximum Gasteiger partial charge on any atom is 0.197 e. The molecule has 0 saturated carbocycles. The Morgan fingerprint density at radius 3 is 2.84 bits per heavy atom. The molecule has 5 nitrogen and oxygen atoms in total. The zero-order valence-corrected chi connectivity index (χ0v) is 13.6. The van der Waals surface area contributed by atoms with Crippen molar-refractivity contribution in [3.05, 3.63) is 66.0 Å². The molecule has 0 fully saturated rings. The van der Waals surface area contributed by atoms with Crippen molar-refractivity contribution >= 4 is 33.6 Å². The number of benzene rings is 2. The quantitative estimate of drug-likeness (QED) is 0.549. The maximum atomic E-state index is 5.94. The highest BCUT2D eigenvalue weighted by molar-refractivity contribution is 6.06. The molecule has 25 heavy (non-hydrogen) atoms. The number of nitrogens with one attached hydrogen (secondary N) is 1. The van der Waals surface area contributed by atoms with Crippen molar-refractivity contribution in [1.29, 1.82) is 0 Å². The van der Waals surface area contributed by atoms with Crippen molar-refractivity contribution in [3.63, 3.8) is 0 Å². The van der Waals surface area contributed by atoms with Crippen molar-refractivity contribution in [2.45, 2.75) is 19.3 Å². The number of hydrogen-bond donors (Lipinski definition) is 1. The van der Waals surface area contributed by atoms with Gasteiger partial charge in [-0.2, -0.15) is 5.10 Å². The van der Waals surface area contributed by atoms with E-state index in [9.17, 15) is 0 Å². The predicted molar refractivity (Wildman–Crippen MR) is 98.8 cm³/mol. The van der Waals surface area contributed by atoms with E-state index in [0.29, 0.717) is 11.4 Å². The van der Waals surface area contributed by atoms with Crippen molar-refractivity contribution < 1.29 is 4.42 Å². The van der Waals surface area contributed by atoms with E-state index in [4.69, 9.17) is 4.42 Å². The molecule has 122 valence electrons. The van der Waals surface area contributed by atoms with Gasteiger partial charge in [-0.3, -0.25) is 5.43 Å². The van der Waals surface area contributed by atoms with Crippen LogP contribution in [0.5, 0.6) is 0 Å². The molecule has 5 rings (SSSR count). The number of fused-ring (bicyclic) bond motifs is 4. The maximum absolute atomic E-state index is 5.94. The lowest BCUT2D eigenvalue weighted by Crippen LogP contribution is -2.13. The first-order chi connectivity index (χ1) is 12.4. The zero-order chi connectivity index (χ0) is 16.6. The van der Waals surface area contributed by atoms with E-state index in [-0.39, 0.29) is 0 Å². The van der Waals surface area contributed by atoms with Crippen LogP contribution >= 0.6 is 0 Å². The number of para-hydroxylation sites is 1. The Labute approximate surface area is 144 Å². The first-order valence-electron chi connectivity index (χ1n) is 8.43. The zero-order valence-electron chi connectivity index (χ0n) is 13.6. The minimum absolute atomic E-state index is 0.594. The Morgan fingerprint density at radius 2 is 1.84 bits per heavy atom. The van der Waals surface area contributed by atoms with Crippen LogP contribution in [0, 0.1) is 0 Å². The van der Waals surface area contributed by atoms with Gasteiger partial charge in [0.15, 0.2) is 11.4 Å². The summed E-state index contributed by atoms with van der Waals surface area (Å²) < 4.78 is 5.94. The van der Waals surface area contributed by atoms with Gasteiger partial charge in [0.25, 0.3) is 0 Å². The molecular formula is C20H16N4O. The number of hydrogen-bond acceptors (Lipinski definition) is 5. The Kier molecular flexibility index (Phi) is 3.23. The predicted octanol–water partition coefficient (Wildman–Crippen LogP) is 4.53. The Morgan fingerprint density at radius 1 is 0.960 bits per heavy atom. The van der Waals surface area contributed by atoms with Crippen LogP contribution in [0.4, 0.5) is 5.82 Å². The van der Waals surface area contributed by atoms with E-state index in [0.717, 1.165) is 41.5 Å². The number of aryl methyl sites for hydroxylation is 1. The summed E-state index contributed by atoms with van der Waals surface area (Å²) in [6.07, 6.45) is 4.72. The van der Waals surface area contributed by atoms with E-state index < -0.39 is 0 Å². The summed E-state index contributed by atoms with van der Waals surface area (Å²) in [4.78, 5) is 8.69. The van der Waals surface area contributed by atoms with Gasteiger partial charge in [-0.1, -0.05) is 36.4 Å². The molecule has 0 aliphatic heterocycles. The number of anilines is 1. The highest BCUT2D eigenvalue weighted by Crippen LogP contribution is 2.30. The highest BCUT2D eigenvalue weighted by atomic mass is 16.3. The van der Waals surface area contributed by atoms with E-state index in [2.05, 4.69) is 44.8 Å². The minimum atomic E-state index is 0.594.